The molecule has 1 aromatic heterocycles. The van der Waals surface area contributed by atoms with Crippen molar-refractivity contribution in [1.82, 2.24) is 10.2 Å². The Morgan fingerprint density at radius 1 is 1.18 bits per heavy atom. The Bertz CT molecular complexity index is 787. The van der Waals surface area contributed by atoms with Gasteiger partial charge in [-0.15, -0.1) is 0 Å². The lowest BCUT2D eigenvalue weighted by Crippen LogP contribution is -2.16. The number of aryl methyl sites for hydroxylation is 2. The lowest BCUT2D eigenvalue weighted by molar-refractivity contribution is 0.599. The van der Waals surface area contributed by atoms with Crippen LogP contribution >= 0.6 is 15.9 Å². The van der Waals surface area contributed by atoms with Gasteiger partial charge in [0.05, 0.1) is 4.90 Å². The Balaban J connectivity index is 2.45. The van der Waals surface area contributed by atoms with Crippen molar-refractivity contribution < 1.29 is 8.42 Å². The zero-order chi connectivity index (χ0) is 16.7. The van der Waals surface area contributed by atoms with Crippen LogP contribution in [0.25, 0.3) is 0 Å². The number of H-pyrrole nitrogens is 1. The Hall–Kier alpha value is -1.34. The molecule has 0 unspecified atom stereocenters. The average molecular weight is 386 g/mol. The smallest absolute Gasteiger partial charge is 0.263 e. The Morgan fingerprint density at radius 2 is 1.73 bits per heavy atom. The van der Waals surface area contributed by atoms with E-state index in [4.69, 9.17) is 0 Å². The van der Waals surface area contributed by atoms with Gasteiger partial charge in [-0.25, -0.2) is 8.42 Å². The summed E-state index contributed by atoms with van der Waals surface area (Å²) in [5.74, 6) is 0.604. The summed E-state index contributed by atoms with van der Waals surface area (Å²) in [6, 6.07) is 3.58. The number of aromatic amines is 1. The van der Waals surface area contributed by atoms with Crippen molar-refractivity contribution in [3.8, 4) is 0 Å². The molecule has 0 aliphatic heterocycles. The molecule has 1 heterocycles. The van der Waals surface area contributed by atoms with Crippen molar-refractivity contribution in [1.29, 1.82) is 0 Å². The van der Waals surface area contributed by atoms with Crippen molar-refractivity contribution in [2.45, 2.75) is 45.4 Å². The number of nitrogens with one attached hydrogen (secondary N) is 2. The third kappa shape index (κ3) is 3.20. The van der Waals surface area contributed by atoms with Gasteiger partial charge in [0.15, 0.2) is 5.82 Å². The first-order chi connectivity index (χ1) is 10.1. The maximum Gasteiger partial charge on any atom is 0.263 e. The van der Waals surface area contributed by atoms with Crippen LogP contribution in [0.5, 0.6) is 0 Å². The van der Waals surface area contributed by atoms with Gasteiger partial charge < -0.3 is 0 Å². The summed E-state index contributed by atoms with van der Waals surface area (Å²) < 4.78 is 28.9. The molecule has 2 N–H and O–H groups in total. The van der Waals surface area contributed by atoms with Gasteiger partial charge >= 0.3 is 0 Å². The number of nitrogens with zero attached hydrogens (tertiary/aromatic N) is 1. The van der Waals surface area contributed by atoms with Crippen molar-refractivity contribution in [3.05, 3.63) is 39.0 Å². The van der Waals surface area contributed by atoms with E-state index in [1.807, 2.05) is 20.8 Å². The van der Waals surface area contributed by atoms with E-state index in [-0.39, 0.29) is 5.92 Å². The molecule has 2 aromatic rings. The maximum atomic E-state index is 12.7. The fraction of sp³-hybridized carbons (Fsp3) is 0.400. The highest BCUT2D eigenvalue weighted by molar-refractivity contribution is 9.10. The summed E-state index contributed by atoms with van der Waals surface area (Å²) >= 11 is 3.38. The highest BCUT2D eigenvalue weighted by Crippen LogP contribution is 2.28. The second-order valence-electron chi connectivity index (χ2n) is 5.74. The standard InChI is InChI=1S/C15H20BrN3O2S/c1-8(2)13-11(5)15(18-17-13)19-22(20,21)14-9(3)6-12(16)7-10(14)4/h6-8H,1-5H3,(H2,17,18,19). The van der Waals surface area contributed by atoms with Gasteiger partial charge in [-0.3, -0.25) is 9.82 Å². The van der Waals surface area contributed by atoms with Crippen LogP contribution in [-0.2, 0) is 10.0 Å². The molecule has 22 heavy (non-hydrogen) atoms. The zero-order valence-electron chi connectivity index (χ0n) is 13.3. The van der Waals surface area contributed by atoms with E-state index in [0.717, 1.165) is 15.7 Å². The molecule has 0 spiro atoms. The van der Waals surface area contributed by atoms with Crippen molar-refractivity contribution in [2.75, 3.05) is 4.72 Å². The number of benzene rings is 1. The number of sulfonamides is 1. The number of hydrogen-bond acceptors (Lipinski definition) is 3. The van der Waals surface area contributed by atoms with E-state index in [1.54, 1.807) is 26.0 Å². The molecule has 0 saturated carbocycles. The predicted molar refractivity (Wildman–Crippen MR) is 91.8 cm³/mol. The van der Waals surface area contributed by atoms with Gasteiger partial charge in [-0.2, -0.15) is 5.10 Å². The van der Waals surface area contributed by atoms with Crippen LogP contribution in [0.15, 0.2) is 21.5 Å². The quantitative estimate of drug-likeness (QED) is 0.834. The summed E-state index contributed by atoms with van der Waals surface area (Å²) in [6.07, 6.45) is 0. The molecule has 1 aromatic carbocycles. The van der Waals surface area contributed by atoms with Gasteiger partial charge in [0.1, 0.15) is 0 Å². The Morgan fingerprint density at radius 3 is 2.18 bits per heavy atom. The highest BCUT2D eigenvalue weighted by Gasteiger charge is 2.23. The molecule has 0 aliphatic rings. The minimum Gasteiger partial charge on any atom is -0.280 e. The fourth-order valence-electron chi connectivity index (χ4n) is 2.57. The first-order valence-corrected chi connectivity index (χ1v) is 9.25. The number of anilines is 1. The minimum atomic E-state index is -3.68. The molecule has 0 atom stereocenters. The summed E-state index contributed by atoms with van der Waals surface area (Å²) in [5, 5.41) is 7.00. The van der Waals surface area contributed by atoms with E-state index in [2.05, 4.69) is 30.8 Å². The molecular formula is C15H20BrN3O2S. The van der Waals surface area contributed by atoms with E-state index in [0.29, 0.717) is 21.8 Å². The zero-order valence-corrected chi connectivity index (χ0v) is 15.7. The van der Waals surface area contributed by atoms with E-state index in [9.17, 15) is 8.42 Å². The van der Waals surface area contributed by atoms with E-state index in [1.165, 1.54) is 0 Å². The Labute approximate surface area is 139 Å². The molecular weight excluding hydrogens is 366 g/mol. The second-order valence-corrected chi connectivity index (χ2v) is 8.27. The molecule has 5 nitrogen and oxygen atoms in total. The summed E-state index contributed by atoms with van der Waals surface area (Å²) in [5.41, 5.74) is 3.14. The molecule has 0 amide bonds. The number of aromatic nitrogens is 2. The van der Waals surface area contributed by atoms with E-state index >= 15 is 0 Å². The normalized spacial score (nSPS) is 12.0. The molecule has 0 fully saturated rings. The fourth-order valence-corrected chi connectivity index (χ4v) is 4.78. The SMILES string of the molecule is Cc1cc(Br)cc(C)c1S(=O)(=O)Nc1n[nH]c(C(C)C)c1C. The molecule has 0 bridgehead atoms. The van der Waals surface area contributed by atoms with Gasteiger partial charge in [0.2, 0.25) is 0 Å². The molecule has 0 radical (unpaired) electrons. The van der Waals surface area contributed by atoms with E-state index < -0.39 is 10.0 Å². The molecule has 7 heteroatoms. The average Bonchev–Trinajstić information content (AvgIpc) is 2.68. The third-order valence-corrected chi connectivity index (χ3v) is 5.65. The molecule has 0 aliphatic carbocycles. The predicted octanol–water partition coefficient (Wildman–Crippen LogP) is 4.02. The molecule has 0 saturated heterocycles. The largest absolute Gasteiger partial charge is 0.280 e. The summed E-state index contributed by atoms with van der Waals surface area (Å²) in [4.78, 5) is 0.296. The van der Waals surface area contributed by atoms with Crippen LogP contribution in [0.2, 0.25) is 0 Å². The first-order valence-electron chi connectivity index (χ1n) is 6.98. The van der Waals surface area contributed by atoms with Crippen LogP contribution < -0.4 is 4.72 Å². The number of hydrogen-bond donors (Lipinski definition) is 2. The van der Waals surface area contributed by atoms with Crippen molar-refractivity contribution >= 4 is 31.8 Å². The lowest BCUT2D eigenvalue weighted by atomic mass is 10.1. The third-order valence-electron chi connectivity index (χ3n) is 3.55. The monoisotopic (exact) mass is 385 g/mol. The van der Waals surface area contributed by atoms with Gasteiger partial charge in [0.25, 0.3) is 10.0 Å². The number of rotatable bonds is 4. The second kappa shape index (κ2) is 6.04. The topological polar surface area (TPSA) is 74.8 Å². The van der Waals surface area contributed by atoms with Crippen LogP contribution in [0.3, 0.4) is 0 Å². The first kappa shape index (κ1) is 17.0. The van der Waals surface area contributed by atoms with Crippen LogP contribution in [0.4, 0.5) is 5.82 Å². The molecule has 120 valence electrons. The van der Waals surface area contributed by atoms with Crippen LogP contribution in [0, 0.1) is 20.8 Å². The Kier molecular flexibility index (Phi) is 4.67. The lowest BCUT2D eigenvalue weighted by Gasteiger charge is -2.13. The van der Waals surface area contributed by atoms with Crippen LogP contribution in [-0.4, -0.2) is 18.6 Å². The van der Waals surface area contributed by atoms with Gasteiger partial charge in [0, 0.05) is 15.7 Å². The minimum absolute atomic E-state index is 0.252. The molecule has 2 rings (SSSR count). The number of halogens is 1. The van der Waals surface area contributed by atoms with Crippen LogP contribution in [0.1, 0.15) is 42.1 Å². The van der Waals surface area contributed by atoms with Gasteiger partial charge in [-0.1, -0.05) is 29.8 Å². The highest BCUT2D eigenvalue weighted by atomic mass is 79.9. The van der Waals surface area contributed by atoms with Gasteiger partial charge in [-0.05, 0) is 49.9 Å². The van der Waals surface area contributed by atoms with Crippen molar-refractivity contribution in [2.24, 2.45) is 0 Å². The van der Waals surface area contributed by atoms with Crippen molar-refractivity contribution in [3.63, 3.8) is 0 Å². The summed E-state index contributed by atoms with van der Waals surface area (Å²) in [7, 11) is -3.68. The maximum absolute atomic E-state index is 12.7. The summed E-state index contributed by atoms with van der Waals surface area (Å²) in [6.45, 7) is 9.48.